The van der Waals surface area contributed by atoms with Crippen LogP contribution in [0, 0.1) is 13.8 Å². The smallest absolute Gasteiger partial charge is 0.272 e. The SMILES string of the molecule is COc1ccccc1-c1nc(C)c(-c2cccs2)c(=O)n1CCc1ccccc1.COc1ccccc1-c1nc(C)c(Cl)c(=O)n1CCc1ccccc1. The van der Waals surface area contributed by atoms with Gasteiger partial charge in [-0.3, -0.25) is 18.7 Å². The van der Waals surface area contributed by atoms with Crippen LogP contribution in [0.5, 0.6) is 11.5 Å². The van der Waals surface area contributed by atoms with Crippen molar-refractivity contribution in [3.63, 3.8) is 0 Å². The minimum Gasteiger partial charge on any atom is -0.496 e. The summed E-state index contributed by atoms with van der Waals surface area (Å²) in [5.41, 5.74) is 5.60. The van der Waals surface area contributed by atoms with Crippen LogP contribution in [0.15, 0.2) is 136 Å². The molecule has 0 aliphatic carbocycles. The predicted molar refractivity (Wildman–Crippen MR) is 219 cm³/mol. The number of hydrogen-bond donors (Lipinski definition) is 0. The van der Waals surface area contributed by atoms with Crippen molar-refractivity contribution in [1.82, 2.24) is 19.1 Å². The van der Waals surface area contributed by atoms with Gasteiger partial charge in [0.05, 0.1) is 42.3 Å². The fourth-order valence-electron chi connectivity index (χ4n) is 6.26. The van der Waals surface area contributed by atoms with E-state index in [1.54, 1.807) is 41.6 Å². The number of ether oxygens (including phenoxy) is 2. The van der Waals surface area contributed by atoms with Crippen LogP contribution in [-0.2, 0) is 25.9 Å². The lowest BCUT2D eigenvalue weighted by molar-refractivity contribution is 0.415. The highest BCUT2D eigenvalue weighted by molar-refractivity contribution is 7.13. The average Bonchev–Trinajstić information content (AvgIpc) is 3.74. The van der Waals surface area contributed by atoms with Gasteiger partial charge < -0.3 is 9.47 Å². The number of benzene rings is 4. The standard InChI is InChI=1S/C24H22N2O2S.C20H19ClN2O2/c1-17-22(21-13-8-16-29-21)24(27)26(15-14-18-9-4-3-5-10-18)23(25-17)19-11-6-7-12-20(19)28-2;1-14-18(21)20(24)23(13-12-15-8-4-3-5-9-15)19(22-14)16-10-6-7-11-17(16)25-2/h3-13,16H,14-15H2,1-2H3;3-11H,12-13H2,1-2H3. The van der Waals surface area contributed by atoms with E-state index in [1.165, 1.54) is 5.56 Å². The Kier molecular flexibility index (Phi) is 12.5. The Balaban J connectivity index is 0.000000186. The van der Waals surface area contributed by atoms with Gasteiger partial charge in [-0.05, 0) is 73.5 Å². The third kappa shape index (κ3) is 8.54. The van der Waals surface area contributed by atoms with Gasteiger partial charge >= 0.3 is 0 Å². The third-order valence-electron chi connectivity index (χ3n) is 9.03. The highest BCUT2D eigenvalue weighted by Gasteiger charge is 2.20. The van der Waals surface area contributed by atoms with Crippen LogP contribution >= 0.6 is 22.9 Å². The van der Waals surface area contributed by atoms with Crippen LogP contribution < -0.4 is 20.6 Å². The third-order valence-corrected chi connectivity index (χ3v) is 10.3. The Morgan fingerprint density at radius 1 is 0.593 bits per heavy atom. The summed E-state index contributed by atoms with van der Waals surface area (Å²) in [4.78, 5) is 36.7. The zero-order chi connectivity index (χ0) is 38.0. The number of nitrogens with zero attached hydrogens (tertiary/aromatic N) is 4. The summed E-state index contributed by atoms with van der Waals surface area (Å²) in [6, 6.07) is 39.4. The molecule has 4 aromatic carbocycles. The second-order valence-electron chi connectivity index (χ2n) is 12.5. The van der Waals surface area contributed by atoms with E-state index in [9.17, 15) is 9.59 Å². The molecule has 0 spiro atoms. The minimum atomic E-state index is -0.231. The monoisotopic (exact) mass is 756 g/mol. The van der Waals surface area contributed by atoms with Crippen LogP contribution in [0.25, 0.3) is 33.2 Å². The molecule has 0 unspecified atom stereocenters. The van der Waals surface area contributed by atoms with Gasteiger partial charge in [-0.15, -0.1) is 11.3 Å². The predicted octanol–water partition coefficient (Wildman–Crippen LogP) is 9.32. The molecule has 7 aromatic rings. The molecule has 0 saturated carbocycles. The molecule has 0 radical (unpaired) electrons. The summed E-state index contributed by atoms with van der Waals surface area (Å²) >= 11 is 7.73. The molecule has 0 fully saturated rings. The fourth-order valence-corrected chi connectivity index (χ4v) is 7.22. The Bertz CT molecular complexity index is 2450. The number of methoxy groups -OCH3 is 2. The van der Waals surface area contributed by atoms with E-state index in [1.807, 2.05) is 121 Å². The summed E-state index contributed by atoms with van der Waals surface area (Å²) in [5, 5.41) is 2.14. The van der Waals surface area contributed by atoms with Crippen LogP contribution in [-0.4, -0.2) is 33.3 Å². The van der Waals surface area contributed by atoms with E-state index in [4.69, 9.17) is 26.1 Å². The molecule has 0 N–H and O–H groups in total. The molecule has 3 aromatic heterocycles. The summed E-state index contributed by atoms with van der Waals surface area (Å²) < 4.78 is 14.4. The molecule has 0 aliphatic rings. The second-order valence-corrected chi connectivity index (χ2v) is 13.8. The molecule has 274 valence electrons. The molecule has 0 bridgehead atoms. The number of thiophene rings is 1. The highest BCUT2D eigenvalue weighted by Crippen LogP contribution is 2.31. The van der Waals surface area contributed by atoms with Crippen LogP contribution in [0.3, 0.4) is 0 Å². The molecular weight excluding hydrogens is 716 g/mol. The second kappa shape index (κ2) is 17.8. The van der Waals surface area contributed by atoms with E-state index in [2.05, 4.69) is 17.1 Å². The van der Waals surface area contributed by atoms with Crippen molar-refractivity contribution < 1.29 is 9.47 Å². The Morgan fingerprint density at radius 3 is 1.54 bits per heavy atom. The summed E-state index contributed by atoms with van der Waals surface area (Å²) in [6.07, 6.45) is 1.46. The zero-order valence-electron chi connectivity index (χ0n) is 30.7. The first-order valence-electron chi connectivity index (χ1n) is 17.6. The lowest BCUT2D eigenvalue weighted by atomic mass is 10.1. The minimum absolute atomic E-state index is 0.0169. The van der Waals surface area contributed by atoms with Gasteiger partial charge in [-0.25, -0.2) is 9.97 Å². The molecule has 0 aliphatic heterocycles. The van der Waals surface area contributed by atoms with E-state index < -0.39 is 0 Å². The first-order valence-corrected chi connectivity index (χ1v) is 18.8. The van der Waals surface area contributed by atoms with Crippen LogP contribution in [0.4, 0.5) is 0 Å². The molecular formula is C44H41ClN4O4S. The van der Waals surface area contributed by atoms with Gasteiger partial charge in [0.25, 0.3) is 11.1 Å². The Labute approximate surface area is 323 Å². The summed E-state index contributed by atoms with van der Waals surface area (Å²) in [7, 11) is 3.24. The number of rotatable bonds is 11. The Morgan fingerprint density at radius 2 is 1.06 bits per heavy atom. The quantitative estimate of drug-likeness (QED) is 0.131. The number of para-hydroxylation sites is 2. The molecule has 7 rings (SSSR count). The van der Waals surface area contributed by atoms with Gasteiger partial charge in [0.2, 0.25) is 0 Å². The van der Waals surface area contributed by atoms with Crippen molar-refractivity contribution in [2.75, 3.05) is 14.2 Å². The maximum absolute atomic E-state index is 13.6. The molecule has 0 atom stereocenters. The van der Waals surface area contributed by atoms with Crippen molar-refractivity contribution in [3.05, 3.63) is 175 Å². The normalized spacial score (nSPS) is 10.8. The lowest BCUT2D eigenvalue weighted by Gasteiger charge is -2.17. The number of hydrogen-bond acceptors (Lipinski definition) is 7. The van der Waals surface area contributed by atoms with Crippen LogP contribution in [0.2, 0.25) is 5.02 Å². The number of aromatic nitrogens is 4. The van der Waals surface area contributed by atoms with Gasteiger partial charge in [-0.2, -0.15) is 0 Å². The molecule has 54 heavy (non-hydrogen) atoms. The molecule has 10 heteroatoms. The van der Waals surface area contributed by atoms with Crippen molar-refractivity contribution >= 4 is 22.9 Å². The highest BCUT2D eigenvalue weighted by atomic mass is 35.5. The summed E-state index contributed by atoms with van der Waals surface area (Å²) in [5.74, 6) is 2.59. The molecule has 0 amide bonds. The van der Waals surface area contributed by atoms with Crippen molar-refractivity contribution in [2.24, 2.45) is 0 Å². The average molecular weight is 757 g/mol. The topological polar surface area (TPSA) is 88.2 Å². The lowest BCUT2D eigenvalue weighted by Crippen LogP contribution is -2.27. The van der Waals surface area contributed by atoms with Crippen LogP contribution in [0.1, 0.15) is 22.5 Å². The Hall–Kier alpha value is -5.77. The van der Waals surface area contributed by atoms with Gasteiger partial charge in [0.1, 0.15) is 28.2 Å². The van der Waals surface area contributed by atoms with Gasteiger partial charge in [0.15, 0.2) is 0 Å². The largest absolute Gasteiger partial charge is 0.496 e. The number of aryl methyl sites for hydroxylation is 4. The van der Waals surface area contributed by atoms with Gasteiger partial charge in [0, 0.05) is 18.0 Å². The fraction of sp³-hybridized carbons (Fsp3) is 0.182. The van der Waals surface area contributed by atoms with E-state index >= 15 is 0 Å². The van der Waals surface area contributed by atoms with E-state index in [0.717, 1.165) is 33.7 Å². The van der Waals surface area contributed by atoms with Crippen molar-refractivity contribution in [3.8, 4) is 44.7 Å². The van der Waals surface area contributed by atoms with E-state index in [0.29, 0.717) is 53.9 Å². The zero-order valence-corrected chi connectivity index (χ0v) is 32.2. The van der Waals surface area contributed by atoms with Crippen molar-refractivity contribution in [1.29, 1.82) is 0 Å². The maximum Gasteiger partial charge on any atom is 0.272 e. The maximum atomic E-state index is 13.6. The first-order chi connectivity index (χ1) is 26.3. The van der Waals surface area contributed by atoms with Gasteiger partial charge in [-0.1, -0.05) is 103 Å². The molecule has 0 saturated heterocycles. The first kappa shape index (κ1) is 38.0. The molecule has 8 nitrogen and oxygen atoms in total. The van der Waals surface area contributed by atoms with E-state index in [-0.39, 0.29) is 16.1 Å². The van der Waals surface area contributed by atoms with Crippen molar-refractivity contribution in [2.45, 2.75) is 39.8 Å². The number of halogens is 1. The summed E-state index contributed by atoms with van der Waals surface area (Å²) in [6.45, 7) is 4.67. The molecule has 3 heterocycles.